The highest BCUT2D eigenvalue weighted by Gasteiger charge is 2.09. The topological polar surface area (TPSA) is 53.4 Å². The van der Waals surface area contributed by atoms with Crippen molar-refractivity contribution >= 4 is 28.1 Å². The van der Waals surface area contributed by atoms with E-state index in [-0.39, 0.29) is 0 Å². The first-order valence-electron chi connectivity index (χ1n) is 5.63. The molecule has 1 N–H and O–H groups in total. The van der Waals surface area contributed by atoms with Gasteiger partial charge in [-0.25, -0.2) is 9.78 Å². The minimum atomic E-state index is -0.910. The quantitative estimate of drug-likeness (QED) is 0.919. The number of carbonyl (C=O) groups is 1. The number of carboxylic acid groups (broad SMARTS) is 1. The van der Waals surface area contributed by atoms with E-state index in [0.29, 0.717) is 5.56 Å². The van der Waals surface area contributed by atoms with Gasteiger partial charge in [-0.2, -0.15) is 0 Å². The summed E-state index contributed by atoms with van der Waals surface area (Å²) in [6.45, 7) is 2.07. The maximum absolute atomic E-state index is 10.8. The lowest BCUT2D eigenvalue weighted by Crippen LogP contribution is -2.09. The summed E-state index contributed by atoms with van der Waals surface area (Å²) in [5.74, 6) is -0.910. The van der Waals surface area contributed by atoms with Crippen molar-refractivity contribution in [1.82, 2.24) is 4.98 Å². The minimum absolute atomic E-state index is 0.292. The molecule has 0 aliphatic carbocycles. The molecule has 0 spiro atoms. The van der Waals surface area contributed by atoms with Gasteiger partial charge in [0.2, 0.25) is 0 Å². The van der Waals surface area contributed by atoms with Crippen LogP contribution >= 0.6 is 11.3 Å². The highest BCUT2D eigenvalue weighted by Crippen LogP contribution is 2.27. The van der Waals surface area contributed by atoms with Gasteiger partial charge in [-0.1, -0.05) is 6.92 Å². The number of anilines is 2. The molecule has 1 aromatic heterocycles. The molecule has 4 nitrogen and oxygen atoms in total. The molecule has 0 radical (unpaired) electrons. The first-order valence-corrected chi connectivity index (χ1v) is 6.51. The van der Waals surface area contributed by atoms with E-state index < -0.39 is 5.97 Å². The van der Waals surface area contributed by atoms with Crippen molar-refractivity contribution in [2.24, 2.45) is 0 Å². The van der Waals surface area contributed by atoms with Crippen LogP contribution in [-0.4, -0.2) is 23.1 Å². The van der Waals surface area contributed by atoms with Crippen LogP contribution in [-0.2, 0) is 6.42 Å². The molecule has 0 fully saturated rings. The maximum Gasteiger partial charge on any atom is 0.335 e. The van der Waals surface area contributed by atoms with Crippen molar-refractivity contribution in [2.75, 3.05) is 11.9 Å². The summed E-state index contributed by atoms with van der Waals surface area (Å²) in [6.07, 6.45) is 0.919. The third-order valence-electron chi connectivity index (χ3n) is 2.69. The second-order valence-corrected chi connectivity index (χ2v) is 4.72. The molecule has 0 saturated carbocycles. The predicted octanol–water partition coefficient (Wildman–Crippen LogP) is 3.17. The number of aromatic carboxylic acids is 1. The predicted molar refractivity (Wildman–Crippen MR) is 73.0 cm³/mol. The van der Waals surface area contributed by atoms with Gasteiger partial charge in [0.15, 0.2) is 5.13 Å². The summed E-state index contributed by atoms with van der Waals surface area (Å²) >= 11 is 1.59. The third-order valence-corrected chi connectivity index (χ3v) is 3.66. The standard InChI is InChI=1S/C13H14N2O2S/c1-3-10-8-18-13(14-10)15(2)11-6-4-9(5-7-11)12(16)17/h4-8H,3H2,1-2H3,(H,16,17). The molecule has 5 heteroatoms. The number of aryl methyl sites for hydroxylation is 1. The van der Waals surface area contributed by atoms with Gasteiger partial charge in [0.25, 0.3) is 0 Å². The van der Waals surface area contributed by atoms with Crippen LogP contribution in [0, 0.1) is 0 Å². The molecule has 0 amide bonds. The van der Waals surface area contributed by atoms with Gasteiger partial charge in [0.05, 0.1) is 11.3 Å². The van der Waals surface area contributed by atoms with Crippen LogP contribution in [0.15, 0.2) is 29.6 Å². The van der Waals surface area contributed by atoms with Crippen molar-refractivity contribution in [2.45, 2.75) is 13.3 Å². The number of aromatic nitrogens is 1. The summed E-state index contributed by atoms with van der Waals surface area (Å²) in [5.41, 5.74) is 2.29. The molecule has 2 aromatic rings. The van der Waals surface area contributed by atoms with Crippen LogP contribution in [0.5, 0.6) is 0 Å². The number of benzene rings is 1. The van der Waals surface area contributed by atoms with E-state index in [2.05, 4.69) is 11.9 Å². The third kappa shape index (κ3) is 2.51. The highest BCUT2D eigenvalue weighted by atomic mass is 32.1. The Morgan fingerprint density at radius 3 is 2.56 bits per heavy atom. The molecule has 0 aliphatic rings. The number of hydrogen-bond donors (Lipinski definition) is 1. The zero-order valence-electron chi connectivity index (χ0n) is 10.3. The summed E-state index contributed by atoms with van der Waals surface area (Å²) in [5, 5.41) is 11.8. The highest BCUT2D eigenvalue weighted by molar-refractivity contribution is 7.13. The van der Waals surface area contributed by atoms with E-state index in [1.54, 1.807) is 35.6 Å². The normalized spacial score (nSPS) is 10.3. The average Bonchev–Trinajstić information content (AvgIpc) is 2.86. The van der Waals surface area contributed by atoms with E-state index >= 15 is 0 Å². The molecule has 0 atom stereocenters. The second kappa shape index (κ2) is 5.18. The van der Waals surface area contributed by atoms with Gasteiger partial charge >= 0.3 is 5.97 Å². The number of rotatable bonds is 4. The Labute approximate surface area is 110 Å². The summed E-state index contributed by atoms with van der Waals surface area (Å²) in [4.78, 5) is 17.2. The average molecular weight is 262 g/mol. The van der Waals surface area contributed by atoms with Gasteiger partial charge < -0.3 is 10.0 Å². The van der Waals surface area contributed by atoms with Crippen LogP contribution in [0.1, 0.15) is 23.0 Å². The molecule has 0 aliphatic heterocycles. The van der Waals surface area contributed by atoms with Crippen molar-refractivity contribution in [3.8, 4) is 0 Å². The SMILES string of the molecule is CCc1csc(N(C)c2ccc(C(=O)O)cc2)n1. The van der Waals surface area contributed by atoms with Gasteiger partial charge in [0.1, 0.15) is 0 Å². The number of nitrogens with zero attached hydrogens (tertiary/aromatic N) is 2. The van der Waals surface area contributed by atoms with Gasteiger partial charge in [-0.05, 0) is 30.7 Å². The summed E-state index contributed by atoms with van der Waals surface area (Å²) < 4.78 is 0. The zero-order chi connectivity index (χ0) is 13.1. The molecular formula is C13H14N2O2S. The monoisotopic (exact) mass is 262 g/mol. The molecule has 1 heterocycles. The zero-order valence-corrected chi connectivity index (χ0v) is 11.1. The van der Waals surface area contributed by atoms with Crippen LogP contribution in [0.2, 0.25) is 0 Å². The first-order chi connectivity index (χ1) is 8.61. The molecule has 0 saturated heterocycles. The molecule has 0 unspecified atom stereocenters. The Morgan fingerprint density at radius 1 is 1.39 bits per heavy atom. The Hall–Kier alpha value is -1.88. The maximum atomic E-state index is 10.8. The second-order valence-electron chi connectivity index (χ2n) is 3.89. The van der Waals surface area contributed by atoms with E-state index in [1.807, 2.05) is 17.3 Å². The van der Waals surface area contributed by atoms with E-state index in [9.17, 15) is 4.79 Å². The van der Waals surface area contributed by atoms with Crippen LogP contribution in [0.3, 0.4) is 0 Å². The molecule has 1 aromatic carbocycles. The Balaban J connectivity index is 2.22. The summed E-state index contributed by atoms with van der Waals surface area (Å²) in [6, 6.07) is 6.78. The smallest absolute Gasteiger partial charge is 0.335 e. The van der Waals surface area contributed by atoms with Gasteiger partial charge in [-0.15, -0.1) is 11.3 Å². The van der Waals surface area contributed by atoms with Crippen molar-refractivity contribution < 1.29 is 9.90 Å². The van der Waals surface area contributed by atoms with E-state index in [4.69, 9.17) is 5.11 Å². The lowest BCUT2D eigenvalue weighted by Gasteiger charge is -2.15. The number of thiazole rings is 1. The van der Waals surface area contributed by atoms with Gasteiger partial charge in [-0.3, -0.25) is 0 Å². The lowest BCUT2D eigenvalue weighted by atomic mass is 10.2. The molecule has 18 heavy (non-hydrogen) atoms. The fourth-order valence-corrected chi connectivity index (χ4v) is 2.45. The van der Waals surface area contributed by atoms with E-state index in [0.717, 1.165) is 22.9 Å². The van der Waals surface area contributed by atoms with Crippen LogP contribution in [0.25, 0.3) is 0 Å². The van der Waals surface area contributed by atoms with Crippen molar-refractivity contribution in [1.29, 1.82) is 0 Å². The molecule has 2 rings (SSSR count). The molecule has 0 bridgehead atoms. The Bertz CT molecular complexity index is 548. The van der Waals surface area contributed by atoms with Crippen molar-refractivity contribution in [3.63, 3.8) is 0 Å². The van der Waals surface area contributed by atoms with Crippen molar-refractivity contribution in [3.05, 3.63) is 40.9 Å². The first kappa shape index (κ1) is 12.6. The lowest BCUT2D eigenvalue weighted by molar-refractivity contribution is 0.0697. The number of carboxylic acids is 1. The molecular weight excluding hydrogens is 248 g/mol. The fraction of sp³-hybridized carbons (Fsp3) is 0.231. The largest absolute Gasteiger partial charge is 0.478 e. The minimum Gasteiger partial charge on any atom is -0.478 e. The van der Waals surface area contributed by atoms with Crippen LogP contribution < -0.4 is 4.90 Å². The fourth-order valence-electron chi connectivity index (χ4n) is 1.55. The molecule has 94 valence electrons. The van der Waals surface area contributed by atoms with Gasteiger partial charge in [0, 0.05) is 18.1 Å². The Morgan fingerprint density at radius 2 is 2.06 bits per heavy atom. The van der Waals surface area contributed by atoms with E-state index in [1.165, 1.54) is 0 Å². The van der Waals surface area contributed by atoms with Crippen LogP contribution in [0.4, 0.5) is 10.8 Å². The summed E-state index contributed by atoms with van der Waals surface area (Å²) in [7, 11) is 1.92. The Kier molecular flexibility index (Phi) is 3.62. The number of hydrogen-bond acceptors (Lipinski definition) is 4.